The van der Waals surface area contributed by atoms with Gasteiger partial charge in [-0.25, -0.2) is 4.79 Å². The van der Waals surface area contributed by atoms with E-state index < -0.39 is 5.54 Å². The molecular formula is C9H16N2O2. The summed E-state index contributed by atoms with van der Waals surface area (Å²) >= 11 is 0. The number of azo groups is 1. The topological polar surface area (TPSA) is 51.0 Å². The summed E-state index contributed by atoms with van der Waals surface area (Å²) in [5.74, 6) is -0.234. The maximum Gasteiger partial charge on any atom is 0.335 e. The van der Waals surface area contributed by atoms with Crippen LogP contribution in [0.5, 0.6) is 0 Å². The monoisotopic (exact) mass is 184 g/mol. The molecule has 1 aliphatic heterocycles. The van der Waals surface area contributed by atoms with Gasteiger partial charge in [0.1, 0.15) is 0 Å². The summed E-state index contributed by atoms with van der Waals surface area (Å²) in [6.45, 7) is 2.75. The Balaban J connectivity index is 2.64. The summed E-state index contributed by atoms with van der Waals surface area (Å²) in [6.07, 6.45) is 3.53. The Morgan fingerprint density at radius 1 is 1.62 bits per heavy atom. The predicted octanol–water partition coefficient (Wildman–Crippen LogP) is 1.94. The van der Waals surface area contributed by atoms with Crippen LogP contribution in [0.15, 0.2) is 10.2 Å². The Bertz CT molecular complexity index is 216. The molecule has 0 N–H and O–H groups in total. The number of carbonyl (C=O) groups excluding carboxylic acids is 1. The molecule has 1 rings (SSSR count). The minimum absolute atomic E-state index is 0.234. The molecule has 0 amide bonds. The van der Waals surface area contributed by atoms with E-state index in [9.17, 15) is 4.79 Å². The third-order valence-electron chi connectivity index (χ3n) is 2.40. The second kappa shape index (κ2) is 4.35. The number of hydrogen-bond donors (Lipinski definition) is 0. The first-order valence-corrected chi connectivity index (χ1v) is 4.72. The van der Waals surface area contributed by atoms with E-state index in [4.69, 9.17) is 4.74 Å². The second-order valence-electron chi connectivity index (χ2n) is 3.34. The summed E-state index contributed by atoms with van der Waals surface area (Å²) in [7, 11) is 1.41. The number of unbranched alkanes of at least 4 members (excludes halogenated alkanes) is 1. The molecule has 0 aromatic rings. The predicted molar refractivity (Wildman–Crippen MR) is 48.6 cm³/mol. The number of hydrogen-bond acceptors (Lipinski definition) is 4. The zero-order valence-corrected chi connectivity index (χ0v) is 8.25. The average molecular weight is 184 g/mol. The van der Waals surface area contributed by atoms with Crippen LogP contribution in [0.25, 0.3) is 0 Å². The van der Waals surface area contributed by atoms with E-state index >= 15 is 0 Å². The third kappa shape index (κ3) is 2.05. The molecule has 1 unspecified atom stereocenters. The molecule has 4 nitrogen and oxygen atoms in total. The molecule has 1 atom stereocenters. The van der Waals surface area contributed by atoms with Gasteiger partial charge in [-0.2, -0.15) is 10.2 Å². The normalized spacial score (nSPS) is 26.3. The van der Waals surface area contributed by atoms with Crippen LogP contribution in [0.1, 0.15) is 32.6 Å². The highest BCUT2D eigenvalue weighted by atomic mass is 16.5. The van der Waals surface area contributed by atoms with Gasteiger partial charge in [-0.15, -0.1) is 0 Å². The Morgan fingerprint density at radius 3 is 2.85 bits per heavy atom. The van der Waals surface area contributed by atoms with E-state index in [1.165, 1.54) is 7.11 Å². The molecule has 0 aromatic carbocycles. The molecule has 13 heavy (non-hydrogen) atoms. The maximum absolute atomic E-state index is 11.5. The van der Waals surface area contributed by atoms with Crippen LogP contribution >= 0.6 is 0 Å². The van der Waals surface area contributed by atoms with E-state index in [0.29, 0.717) is 13.0 Å². The Labute approximate surface area is 78.4 Å². The van der Waals surface area contributed by atoms with Gasteiger partial charge >= 0.3 is 5.97 Å². The summed E-state index contributed by atoms with van der Waals surface area (Å²) in [5, 5.41) is 7.91. The van der Waals surface area contributed by atoms with Crippen LogP contribution < -0.4 is 0 Å². The zero-order chi connectivity index (χ0) is 9.73. The smallest absolute Gasteiger partial charge is 0.335 e. The lowest BCUT2D eigenvalue weighted by Gasteiger charge is -2.20. The fraction of sp³-hybridized carbons (Fsp3) is 0.889. The van der Waals surface area contributed by atoms with Gasteiger partial charge < -0.3 is 4.74 Å². The van der Waals surface area contributed by atoms with Gasteiger partial charge in [0.05, 0.1) is 13.7 Å². The number of nitrogens with zero attached hydrogens (tertiary/aromatic N) is 2. The van der Waals surface area contributed by atoms with Crippen molar-refractivity contribution < 1.29 is 9.53 Å². The molecule has 0 bridgehead atoms. The van der Waals surface area contributed by atoms with Crippen LogP contribution in [0.4, 0.5) is 0 Å². The van der Waals surface area contributed by atoms with Crippen LogP contribution in [-0.4, -0.2) is 25.2 Å². The molecule has 4 heteroatoms. The lowest BCUT2D eigenvalue weighted by Crippen LogP contribution is -2.36. The highest BCUT2D eigenvalue weighted by Crippen LogP contribution is 2.29. The Hall–Kier alpha value is -0.930. The van der Waals surface area contributed by atoms with Crippen molar-refractivity contribution in [3.63, 3.8) is 0 Å². The van der Waals surface area contributed by atoms with Crippen molar-refractivity contribution >= 4 is 5.97 Å². The van der Waals surface area contributed by atoms with Crippen molar-refractivity contribution in [1.29, 1.82) is 0 Å². The van der Waals surface area contributed by atoms with Crippen molar-refractivity contribution in [2.75, 3.05) is 13.7 Å². The first-order chi connectivity index (χ1) is 6.25. The van der Waals surface area contributed by atoms with Crippen LogP contribution in [0.2, 0.25) is 0 Å². The summed E-state index contributed by atoms with van der Waals surface area (Å²) in [5.41, 5.74) is -0.648. The molecule has 0 spiro atoms. The second-order valence-corrected chi connectivity index (χ2v) is 3.34. The van der Waals surface area contributed by atoms with E-state index in [0.717, 1.165) is 19.3 Å². The van der Waals surface area contributed by atoms with E-state index in [-0.39, 0.29) is 5.97 Å². The summed E-state index contributed by atoms with van der Waals surface area (Å²) in [6, 6.07) is 0. The number of ether oxygens (including phenoxy) is 1. The minimum Gasteiger partial charge on any atom is -0.467 e. The number of esters is 1. The fourth-order valence-electron chi connectivity index (χ4n) is 1.55. The van der Waals surface area contributed by atoms with Crippen LogP contribution in [-0.2, 0) is 9.53 Å². The van der Waals surface area contributed by atoms with Crippen molar-refractivity contribution in [1.82, 2.24) is 0 Å². The molecular weight excluding hydrogens is 168 g/mol. The van der Waals surface area contributed by atoms with Crippen LogP contribution in [0.3, 0.4) is 0 Å². The van der Waals surface area contributed by atoms with Gasteiger partial charge in [0.2, 0.25) is 0 Å². The number of rotatable bonds is 4. The standard InChI is InChI=1S/C9H16N2O2/c1-3-4-5-9(8(12)13-2)6-7-10-11-9/h3-7H2,1-2H3. The third-order valence-corrected chi connectivity index (χ3v) is 2.40. The lowest BCUT2D eigenvalue weighted by molar-refractivity contribution is -0.147. The van der Waals surface area contributed by atoms with Gasteiger partial charge in [0.25, 0.3) is 0 Å². The SMILES string of the molecule is CCCCC1(C(=O)OC)CCN=N1. The Morgan fingerprint density at radius 2 is 2.38 bits per heavy atom. The first kappa shape index (κ1) is 10.2. The van der Waals surface area contributed by atoms with Gasteiger partial charge in [-0.05, 0) is 6.42 Å². The first-order valence-electron chi connectivity index (χ1n) is 4.72. The number of methoxy groups -OCH3 is 1. The maximum atomic E-state index is 11.5. The van der Waals surface area contributed by atoms with E-state index in [2.05, 4.69) is 17.2 Å². The van der Waals surface area contributed by atoms with Crippen molar-refractivity contribution in [3.05, 3.63) is 0 Å². The minimum atomic E-state index is -0.648. The van der Waals surface area contributed by atoms with Gasteiger partial charge in [0.15, 0.2) is 5.54 Å². The average Bonchev–Trinajstić information content (AvgIpc) is 2.63. The molecule has 0 fully saturated rings. The van der Waals surface area contributed by atoms with Gasteiger partial charge in [-0.3, -0.25) is 0 Å². The van der Waals surface area contributed by atoms with E-state index in [1.807, 2.05) is 0 Å². The fourth-order valence-corrected chi connectivity index (χ4v) is 1.55. The molecule has 0 saturated heterocycles. The summed E-state index contributed by atoms with van der Waals surface area (Å²) in [4.78, 5) is 11.5. The molecule has 74 valence electrons. The quantitative estimate of drug-likeness (QED) is 0.627. The zero-order valence-electron chi connectivity index (χ0n) is 8.25. The van der Waals surface area contributed by atoms with E-state index in [1.54, 1.807) is 0 Å². The molecule has 1 heterocycles. The van der Waals surface area contributed by atoms with Gasteiger partial charge in [-0.1, -0.05) is 19.8 Å². The molecule has 0 saturated carbocycles. The van der Waals surface area contributed by atoms with Crippen molar-refractivity contribution in [2.24, 2.45) is 10.2 Å². The molecule has 0 aliphatic carbocycles. The molecule has 0 aromatic heterocycles. The molecule has 0 radical (unpaired) electrons. The molecule has 1 aliphatic rings. The van der Waals surface area contributed by atoms with Crippen molar-refractivity contribution in [3.8, 4) is 0 Å². The lowest BCUT2D eigenvalue weighted by atomic mass is 9.91. The number of carbonyl (C=O) groups is 1. The highest BCUT2D eigenvalue weighted by Gasteiger charge is 2.41. The van der Waals surface area contributed by atoms with Gasteiger partial charge in [0, 0.05) is 6.42 Å². The van der Waals surface area contributed by atoms with Crippen molar-refractivity contribution in [2.45, 2.75) is 38.1 Å². The Kier molecular flexibility index (Phi) is 3.39. The largest absolute Gasteiger partial charge is 0.467 e. The van der Waals surface area contributed by atoms with Crippen LogP contribution in [0, 0.1) is 0 Å². The highest BCUT2D eigenvalue weighted by molar-refractivity contribution is 5.81. The summed E-state index contributed by atoms with van der Waals surface area (Å²) < 4.78 is 4.74.